The predicted octanol–water partition coefficient (Wildman–Crippen LogP) is 5.77. The van der Waals surface area contributed by atoms with Gasteiger partial charge in [-0.1, -0.05) is 25.1 Å². The predicted molar refractivity (Wildman–Crippen MR) is 137 cm³/mol. The van der Waals surface area contributed by atoms with Crippen LogP contribution in [0.4, 0.5) is 17.1 Å². The minimum absolute atomic E-state index is 0.131. The van der Waals surface area contributed by atoms with E-state index >= 15 is 0 Å². The molecular weight excluding hydrogens is 529 g/mol. The average molecular weight is 551 g/mol. The van der Waals surface area contributed by atoms with Crippen molar-refractivity contribution in [3.63, 3.8) is 0 Å². The Morgan fingerprint density at radius 2 is 1.57 bits per heavy atom. The molecule has 3 aromatic rings. The lowest BCUT2D eigenvalue weighted by Crippen LogP contribution is -2.22. The number of nitrogens with one attached hydrogen (secondary N) is 3. The Bertz CT molecular complexity index is 1150. The molecular formula is C22H22IN3O2S2. The van der Waals surface area contributed by atoms with Crippen molar-refractivity contribution < 1.29 is 8.42 Å². The first kappa shape index (κ1) is 22.5. The lowest BCUT2D eigenvalue weighted by Gasteiger charge is -2.16. The fraction of sp³-hybridized carbons (Fsp3) is 0.136. The van der Waals surface area contributed by atoms with E-state index in [0.717, 1.165) is 21.2 Å². The molecule has 0 atom stereocenters. The van der Waals surface area contributed by atoms with Crippen LogP contribution in [0.3, 0.4) is 0 Å². The van der Waals surface area contributed by atoms with E-state index in [1.165, 1.54) is 5.56 Å². The fourth-order valence-electron chi connectivity index (χ4n) is 2.79. The molecule has 0 heterocycles. The van der Waals surface area contributed by atoms with Crippen molar-refractivity contribution in [2.45, 2.75) is 25.2 Å². The number of anilines is 3. The largest absolute Gasteiger partial charge is 0.332 e. The maximum absolute atomic E-state index is 13.1. The van der Waals surface area contributed by atoms with Crippen molar-refractivity contribution >= 4 is 67.0 Å². The maximum atomic E-state index is 13.1. The summed E-state index contributed by atoms with van der Waals surface area (Å²) < 4.78 is 29.8. The second-order valence-corrected chi connectivity index (χ2v) is 10.0. The van der Waals surface area contributed by atoms with E-state index in [1.54, 1.807) is 24.3 Å². The molecule has 0 saturated carbocycles. The summed E-state index contributed by atoms with van der Waals surface area (Å²) in [6.07, 6.45) is 0.959. The second kappa shape index (κ2) is 9.76. The quantitative estimate of drug-likeness (QED) is 0.268. The molecule has 5 nitrogen and oxygen atoms in total. The van der Waals surface area contributed by atoms with E-state index in [0.29, 0.717) is 16.5 Å². The van der Waals surface area contributed by atoms with Crippen LogP contribution < -0.4 is 15.4 Å². The summed E-state index contributed by atoms with van der Waals surface area (Å²) in [5.41, 5.74) is 3.80. The van der Waals surface area contributed by atoms with Gasteiger partial charge in [-0.2, -0.15) is 0 Å². The first-order valence-electron chi connectivity index (χ1n) is 9.33. The molecule has 3 aromatic carbocycles. The number of hydrogen-bond acceptors (Lipinski definition) is 3. The summed E-state index contributed by atoms with van der Waals surface area (Å²) in [6, 6.07) is 20.3. The molecule has 0 fully saturated rings. The number of thiocarbonyl (C=S) groups is 1. The minimum Gasteiger partial charge on any atom is -0.332 e. The van der Waals surface area contributed by atoms with Crippen LogP contribution >= 0.6 is 34.8 Å². The van der Waals surface area contributed by atoms with Crippen molar-refractivity contribution in [1.29, 1.82) is 0 Å². The molecule has 0 unspecified atom stereocenters. The number of sulfonamides is 1. The molecule has 8 heteroatoms. The summed E-state index contributed by atoms with van der Waals surface area (Å²) in [5.74, 6) is 0. The summed E-state index contributed by atoms with van der Waals surface area (Å²) in [7, 11) is -3.81. The van der Waals surface area contributed by atoms with Gasteiger partial charge in [-0.05, 0) is 108 Å². The van der Waals surface area contributed by atoms with E-state index in [4.69, 9.17) is 12.2 Å². The first-order chi connectivity index (χ1) is 14.3. The standard InChI is InChI=1S/C22H22IN3O2S2/c1-3-16-5-9-18(10-6-16)24-22(29)25-20-13-4-15(2)14-21(20)30(27,28)26-19-11-7-17(23)8-12-19/h4-14,26H,3H2,1-2H3,(H2,24,25,29). The van der Waals surface area contributed by atoms with E-state index < -0.39 is 10.0 Å². The van der Waals surface area contributed by atoms with Crippen molar-refractivity contribution in [1.82, 2.24) is 0 Å². The van der Waals surface area contributed by atoms with Gasteiger partial charge in [0.2, 0.25) is 0 Å². The molecule has 3 N–H and O–H groups in total. The van der Waals surface area contributed by atoms with Crippen LogP contribution in [-0.4, -0.2) is 13.5 Å². The van der Waals surface area contributed by atoms with Gasteiger partial charge in [0.15, 0.2) is 5.11 Å². The highest BCUT2D eigenvalue weighted by atomic mass is 127. The first-order valence-corrected chi connectivity index (χ1v) is 12.3. The maximum Gasteiger partial charge on any atom is 0.263 e. The van der Waals surface area contributed by atoms with Crippen LogP contribution in [-0.2, 0) is 16.4 Å². The third-order valence-electron chi connectivity index (χ3n) is 4.39. The number of rotatable bonds is 6. The van der Waals surface area contributed by atoms with Crippen molar-refractivity contribution in [2.24, 2.45) is 0 Å². The fourth-order valence-corrected chi connectivity index (χ4v) is 4.69. The average Bonchev–Trinajstić information content (AvgIpc) is 2.71. The highest BCUT2D eigenvalue weighted by molar-refractivity contribution is 14.1. The molecule has 30 heavy (non-hydrogen) atoms. The summed E-state index contributed by atoms with van der Waals surface area (Å²) in [4.78, 5) is 0.131. The molecule has 0 aromatic heterocycles. The van der Waals surface area contributed by atoms with E-state index in [1.807, 2.05) is 49.4 Å². The monoisotopic (exact) mass is 551 g/mol. The van der Waals surface area contributed by atoms with Crippen molar-refractivity contribution in [3.05, 3.63) is 81.4 Å². The summed E-state index contributed by atoms with van der Waals surface area (Å²) >= 11 is 7.57. The Hall–Kier alpha value is -2.17. The third-order valence-corrected chi connectivity index (χ3v) is 6.74. The van der Waals surface area contributed by atoms with Gasteiger partial charge in [-0.3, -0.25) is 4.72 Å². The third kappa shape index (κ3) is 5.93. The smallest absolute Gasteiger partial charge is 0.263 e. The molecule has 0 saturated heterocycles. The van der Waals surface area contributed by atoms with E-state index in [-0.39, 0.29) is 4.90 Å². The lowest BCUT2D eigenvalue weighted by atomic mass is 10.1. The van der Waals surface area contributed by atoms with Crippen LogP contribution in [0.15, 0.2) is 71.6 Å². The van der Waals surface area contributed by atoms with Crippen LogP contribution in [0.25, 0.3) is 0 Å². The molecule has 0 aliphatic heterocycles. The zero-order valence-electron chi connectivity index (χ0n) is 16.6. The zero-order valence-corrected chi connectivity index (χ0v) is 20.4. The van der Waals surface area contributed by atoms with Gasteiger partial charge >= 0.3 is 0 Å². The highest BCUT2D eigenvalue weighted by Gasteiger charge is 2.20. The van der Waals surface area contributed by atoms with Crippen LogP contribution in [0.5, 0.6) is 0 Å². The molecule has 0 spiro atoms. The molecule has 156 valence electrons. The van der Waals surface area contributed by atoms with E-state index in [9.17, 15) is 8.42 Å². The zero-order chi connectivity index (χ0) is 21.7. The lowest BCUT2D eigenvalue weighted by molar-refractivity contribution is 0.601. The van der Waals surface area contributed by atoms with Gasteiger partial charge < -0.3 is 10.6 Å². The summed E-state index contributed by atoms with van der Waals surface area (Å²) in [5, 5.41) is 6.42. The normalized spacial score (nSPS) is 11.0. The van der Waals surface area contributed by atoms with Gasteiger partial charge in [0.1, 0.15) is 4.90 Å². The molecule has 0 aliphatic rings. The second-order valence-electron chi connectivity index (χ2n) is 6.74. The minimum atomic E-state index is -3.81. The van der Waals surface area contributed by atoms with Crippen LogP contribution in [0.1, 0.15) is 18.1 Å². The van der Waals surface area contributed by atoms with Crippen LogP contribution in [0, 0.1) is 10.5 Å². The number of hydrogen-bond donors (Lipinski definition) is 3. The molecule has 0 radical (unpaired) electrons. The molecule has 0 bridgehead atoms. The SMILES string of the molecule is CCc1ccc(NC(=S)Nc2ccc(C)cc2S(=O)(=O)Nc2ccc(I)cc2)cc1. The van der Waals surface area contributed by atoms with Crippen LogP contribution in [0.2, 0.25) is 0 Å². The molecule has 0 amide bonds. The van der Waals surface area contributed by atoms with Gasteiger partial charge in [0.25, 0.3) is 10.0 Å². The number of aryl methyl sites for hydroxylation is 2. The number of halogens is 1. The Morgan fingerprint density at radius 3 is 2.20 bits per heavy atom. The van der Waals surface area contributed by atoms with Crippen molar-refractivity contribution in [3.8, 4) is 0 Å². The molecule has 0 aliphatic carbocycles. The molecule has 3 rings (SSSR count). The van der Waals surface area contributed by atoms with Gasteiger partial charge in [-0.15, -0.1) is 0 Å². The van der Waals surface area contributed by atoms with E-state index in [2.05, 4.69) is 44.9 Å². The Balaban J connectivity index is 1.81. The van der Waals surface area contributed by atoms with Gasteiger partial charge in [0, 0.05) is 14.9 Å². The topological polar surface area (TPSA) is 70.2 Å². The number of benzene rings is 3. The highest BCUT2D eigenvalue weighted by Crippen LogP contribution is 2.26. The van der Waals surface area contributed by atoms with Gasteiger partial charge in [0.05, 0.1) is 5.69 Å². The van der Waals surface area contributed by atoms with Gasteiger partial charge in [-0.25, -0.2) is 8.42 Å². The Kier molecular flexibility index (Phi) is 7.32. The summed E-state index contributed by atoms with van der Waals surface area (Å²) in [6.45, 7) is 3.94. The Labute approximate surface area is 196 Å². The van der Waals surface area contributed by atoms with Crippen molar-refractivity contribution in [2.75, 3.05) is 15.4 Å². The Morgan fingerprint density at radius 1 is 0.933 bits per heavy atom.